The Bertz CT molecular complexity index is 1250. The molecule has 7 nitrogen and oxygen atoms in total. The first-order valence-corrected chi connectivity index (χ1v) is 13.3. The lowest BCUT2D eigenvalue weighted by Crippen LogP contribution is -2.60. The number of aromatic nitrogens is 2. The summed E-state index contributed by atoms with van der Waals surface area (Å²) in [5, 5.41) is 10.6. The Morgan fingerprint density at radius 1 is 1.00 bits per heavy atom. The van der Waals surface area contributed by atoms with E-state index in [1.807, 2.05) is 12.1 Å². The normalized spacial score (nSPS) is 25.3. The van der Waals surface area contributed by atoms with Gasteiger partial charge in [0.05, 0.1) is 17.7 Å². The van der Waals surface area contributed by atoms with Gasteiger partial charge in [0.25, 0.3) is 0 Å². The topological polar surface area (TPSA) is 68.5 Å². The monoisotopic (exact) mass is 482 g/mol. The summed E-state index contributed by atoms with van der Waals surface area (Å²) >= 11 is 0. The number of fused-ring (bicyclic) bond motifs is 2. The van der Waals surface area contributed by atoms with Gasteiger partial charge in [-0.25, -0.2) is 4.98 Å². The lowest BCUT2D eigenvalue weighted by Gasteiger charge is -2.50. The van der Waals surface area contributed by atoms with E-state index < -0.39 is 0 Å². The lowest BCUT2D eigenvalue weighted by atomic mass is 9.83. The number of nitriles is 1. The minimum absolute atomic E-state index is 0.484. The molecular weight excluding hydrogens is 448 g/mol. The van der Waals surface area contributed by atoms with E-state index in [-0.39, 0.29) is 0 Å². The zero-order valence-corrected chi connectivity index (χ0v) is 21.0. The summed E-state index contributed by atoms with van der Waals surface area (Å²) in [4.78, 5) is 17.0. The highest BCUT2D eigenvalue weighted by atomic mass is 16.5. The molecule has 0 bridgehead atoms. The van der Waals surface area contributed by atoms with Crippen LogP contribution in [0, 0.1) is 11.3 Å². The van der Waals surface area contributed by atoms with E-state index in [2.05, 4.69) is 63.1 Å². The van der Waals surface area contributed by atoms with Crippen molar-refractivity contribution < 1.29 is 4.74 Å². The molecule has 2 aromatic heterocycles. The highest BCUT2D eigenvalue weighted by Crippen LogP contribution is 2.37. The van der Waals surface area contributed by atoms with Crippen LogP contribution in [0.15, 0.2) is 48.8 Å². The molecule has 3 aromatic rings. The maximum Gasteiger partial charge on any atom is 0.128 e. The van der Waals surface area contributed by atoms with E-state index in [1.165, 1.54) is 17.7 Å². The van der Waals surface area contributed by atoms with Crippen LogP contribution in [-0.2, 0) is 4.74 Å². The fourth-order valence-corrected chi connectivity index (χ4v) is 6.41. The molecule has 3 fully saturated rings. The van der Waals surface area contributed by atoms with Gasteiger partial charge in [-0.15, -0.1) is 0 Å². The summed E-state index contributed by atoms with van der Waals surface area (Å²) in [5.41, 5.74) is 4.00. The molecule has 3 atom stereocenters. The number of ether oxygens (including phenoxy) is 1. The van der Waals surface area contributed by atoms with E-state index in [0.717, 1.165) is 75.5 Å². The van der Waals surface area contributed by atoms with Crippen LogP contribution in [0.3, 0.4) is 0 Å². The number of piperidine rings is 1. The molecule has 7 heteroatoms. The Hall–Kier alpha value is -3.21. The third kappa shape index (κ3) is 4.40. The molecule has 186 valence electrons. The number of hydrogen-bond donors (Lipinski definition) is 0. The second-order valence-electron chi connectivity index (χ2n) is 10.4. The summed E-state index contributed by atoms with van der Waals surface area (Å²) in [5.74, 6) is 1.60. The smallest absolute Gasteiger partial charge is 0.128 e. The maximum atomic E-state index is 9.55. The van der Waals surface area contributed by atoms with Crippen LogP contribution in [0.4, 0.5) is 11.5 Å². The van der Waals surface area contributed by atoms with Crippen molar-refractivity contribution >= 4 is 22.4 Å². The molecule has 3 aliphatic rings. The van der Waals surface area contributed by atoms with Gasteiger partial charge in [0.2, 0.25) is 0 Å². The molecule has 0 N–H and O–H groups in total. The number of hydrogen-bond acceptors (Lipinski definition) is 7. The van der Waals surface area contributed by atoms with Crippen LogP contribution in [-0.4, -0.2) is 72.9 Å². The third-order valence-electron chi connectivity index (χ3n) is 8.24. The fourth-order valence-electron chi connectivity index (χ4n) is 6.41. The highest BCUT2D eigenvalue weighted by Gasteiger charge is 2.37. The minimum atomic E-state index is 0.484. The molecule has 1 aromatic carbocycles. The van der Waals surface area contributed by atoms with Gasteiger partial charge in [0.1, 0.15) is 11.9 Å². The van der Waals surface area contributed by atoms with E-state index in [4.69, 9.17) is 9.72 Å². The number of benzene rings is 1. The first-order chi connectivity index (χ1) is 17.7. The predicted molar refractivity (Wildman–Crippen MR) is 142 cm³/mol. The first-order valence-electron chi connectivity index (χ1n) is 13.3. The van der Waals surface area contributed by atoms with Crippen molar-refractivity contribution in [2.75, 3.05) is 55.7 Å². The number of piperazine rings is 1. The Morgan fingerprint density at radius 3 is 2.81 bits per heavy atom. The summed E-state index contributed by atoms with van der Waals surface area (Å²) in [6, 6.07) is 15.9. The van der Waals surface area contributed by atoms with E-state index in [1.54, 1.807) is 6.20 Å². The Morgan fingerprint density at radius 2 is 1.94 bits per heavy atom. The van der Waals surface area contributed by atoms with E-state index >= 15 is 0 Å². The molecule has 0 radical (unpaired) electrons. The minimum Gasteiger partial charge on any atom is -0.380 e. The SMILES string of the molecule is CC1CN(c2ccc(C#N)c3ncccc23)CC2CC(c3ccc(N4CCCOCC4)nc3)CCN12. The molecule has 0 saturated carbocycles. The summed E-state index contributed by atoms with van der Waals surface area (Å²) in [6.07, 6.45) is 7.28. The molecule has 0 aliphatic carbocycles. The maximum absolute atomic E-state index is 9.55. The number of nitrogens with zero attached hydrogens (tertiary/aromatic N) is 6. The van der Waals surface area contributed by atoms with Crippen molar-refractivity contribution in [2.24, 2.45) is 0 Å². The Balaban J connectivity index is 1.20. The third-order valence-corrected chi connectivity index (χ3v) is 8.24. The van der Waals surface area contributed by atoms with Crippen LogP contribution in [0.5, 0.6) is 0 Å². The van der Waals surface area contributed by atoms with Gasteiger partial charge in [0, 0.05) is 68.3 Å². The molecule has 3 saturated heterocycles. The van der Waals surface area contributed by atoms with Gasteiger partial charge in [-0.2, -0.15) is 5.26 Å². The second kappa shape index (κ2) is 10.0. The van der Waals surface area contributed by atoms with Gasteiger partial charge in [-0.05, 0) is 74.5 Å². The van der Waals surface area contributed by atoms with Crippen LogP contribution in [0.2, 0.25) is 0 Å². The average Bonchev–Trinajstić information content (AvgIpc) is 3.22. The van der Waals surface area contributed by atoms with Crippen LogP contribution in [0.25, 0.3) is 10.9 Å². The molecule has 0 spiro atoms. The van der Waals surface area contributed by atoms with E-state index in [0.29, 0.717) is 23.6 Å². The Labute approximate surface area is 213 Å². The summed E-state index contributed by atoms with van der Waals surface area (Å²) in [6.45, 7) is 9.03. The first kappa shape index (κ1) is 23.2. The quantitative estimate of drug-likeness (QED) is 0.555. The van der Waals surface area contributed by atoms with Crippen molar-refractivity contribution in [3.05, 3.63) is 59.9 Å². The van der Waals surface area contributed by atoms with Gasteiger partial charge >= 0.3 is 0 Å². The zero-order valence-electron chi connectivity index (χ0n) is 21.0. The predicted octanol–water partition coefficient (Wildman–Crippen LogP) is 4.18. The summed E-state index contributed by atoms with van der Waals surface area (Å²) in [7, 11) is 0. The highest BCUT2D eigenvalue weighted by molar-refractivity contribution is 5.95. The molecule has 6 rings (SSSR count). The molecule has 5 heterocycles. The number of rotatable bonds is 3. The van der Waals surface area contributed by atoms with Crippen molar-refractivity contribution in [1.82, 2.24) is 14.9 Å². The van der Waals surface area contributed by atoms with Gasteiger partial charge < -0.3 is 14.5 Å². The summed E-state index contributed by atoms with van der Waals surface area (Å²) < 4.78 is 5.60. The standard InChI is InChI=1S/C29H34N6O/c1-21-19-34(27-7-5-23(17-30)29-26(27)4-2-10-31-29)20-25-16-22(9-12-35(21)25)24-6-8-28(32-18-24)33-11-3-14-36-15-13-33/h2,4-8,10,18,21-22,25H,3,9,11-16,19-20H2,1H3. The van der Waals surface area contributed by atoms with Gasteiger partial charge in [0.15, 0.2) is 0 Å². The van der Waals surface area contributed by atoms with Gasteiger partial charge in [-0.3, -0.25) is 9.88 Å². The molecular formula is C29H34N6O. The van der Waals surface area contributed by atoms with E-state index in [9.17, 15) is 5.26 Å². The van der Waals surface area contributed by atoms with Crippen LogP contribution >= 0.6 is 0 Å². The lowest BCUT2D eigenvalue weighted by molar-refractivity contribution is 0.0765. The number of pyridine rings is 2. The second-order valence-corrected chi connectivity index (χ2v) is 10.4. The van der Waals surface area contributed by atoms with Crippen molar-refractivity contribution in [2.45, 2.75) is 44.2 Å². The molecule has 0 amide bonds. The average molecular weight is 483 g/mol. The van der Waals surface area contributed by atoms with Crippen LogP contribution in [0.1, 0.15) is 43.2 Å². The van der Waals surface area contributed by atoms with Crippen molar-refractivity contribution in [1.29, 1.82) is 5.26 Å². The van der Waals surface area contributed by atoms with Crippen molar-refractivity contribution in [3.8, 4) is 6.07 Å². The molecule has 3 aliphatic heterocycles. The van der Waals surface area contributed by atoms with Crippen molar-refractivity contribution in [3.63, 3.8) is 0 Å². The molecule has 3 unspecified atom stereocenters. The Kier molecular flexibility index (Phi) is 6.47. The number of anilines is 2. The zero-order chi connectivity index (χ0) is 24.5. The van der Waals surface area contributed by atoms with Gasteiger partial charge in [-0.1, -0.05) is 6.07 Å². The molecule has 36 heavy (non-hydrogen) atoms. The fraction of sp³-hybridized carbons (Fsp3) is 0.483. The largest absolute Gasteiger partial charge is 0.380 e. The van der Waals surface area contributed by atoms with Crippen LogP contribution < -0.4 is 9.80 Å².